The molecule has 4 nitrogen and oxygen atoms in total. The number of hydrogen-bond acceptors (Lipinski definition) is 4. The van der Waals surface area contributed by atoms with Crippen molar-refractivity contribution in [1.29, 1.82) is 0 Å². The molecule has 0 amide bonds. The van der Waals surface area contributed by atoms with Crippen LogP contribution in [0.5, 0.6) is 0 Å². The molecule has 1 fully saturated rings. The molecular formula is C19H26N2O2. The lowest BCUT2D eigenvalue weighted by atomic mass is 10.0. The summed E-state index contributed by atoms with van der Waals surface area (Å²) in [5.74, 6) is 0. The van der Waals surface area contributed by atoms with Gasteiger partial charge in [-0.1, -0.05) is 42.5 Å². The van der Waals surface area contributed by atoms with Crippen LogP contribution in [0.3, 0.4) is 0 Å². The van der Waals surface area contributed by atoms with Crippen LogP contribution in [0.2, 0.25) is 0 Å². The number of benzene rings is 2. The van der Waals surface area contributed by atoms with Crippen LogP contribution in [0, 0.1) is 0 Å². The SMILES string of the molecule is COCC(O)CN1CCN(Cc2cccc3ccccc23)CC1. The largest absolute Gasteiger partial charge is 0.389 e. The van der Waals surface area contributed by atoms with Crippen LogP contribution in [0.15, 0.2) is 42.5 Å². The number of piperazine rings is 1. The fourth-order valence-corrected chi connectivity index (χ4v) is 3.34. The molecule has 2 aromatic rings. The molecule has 0 aromatic heterocycles. The number of β-amino-alcohol motifs (C(OH)–C–C–N with tert-alkyl or cyclic N) is 1. The fourth-order valence-electron chi connectivity index (χ4n) is 3.34. The fraction of sp³-hybridized carbons (Fsp3) is 0.474. The van der Waals surface area contributed by atoms with E-state index in [-0.39, 0.29) is 6.10 Å². The molecule has 3 rings (SSSR count). The van der Waals surface area contributed by atoms with E-state index in [1.807, 2.05) is 0 Å². The van der Waals surface area contributed by atoms with Gasteiger partial charge in [0.15, 0.2) is 0 Å². The Kier molecular flexibility index (Phi) is 5.62. The van der Waals surface area contributed by atoms with Crippen LogP contribution in [-0.2, 0) is 11.3 Å². The molecule has 0 bridgehead atoms. The number of methoxy groups -OCH3 is 1. The first kappa shape index (κ1) is 16.4. The van der Waals surface area contributed by atoms with Crippen LogP contribution < -0.4 is 0 Å². The lowest BCUT2D eigenvalue weighted by molar-refractivity contribution is 0.0231. The molecule has 1 N–H and O–H groups in total. The zero-order valence-corrected chi connectivity index (χ0v) is 13.8. The van der Waals surface area contributed by atoms with Gasteiger partial charge < -0.3 is 9.84 Å². The second-order valence-corrected chi connectivity index (χ2v) is 6.32. The smallest absolute Gasteiger partial charge is 0.0900 e. The van der Waals surface area contributed by atoms with Crippen LogP contribution in [0.1, 0.15) is 5.56 Å². The number of nitrogens with zero attached hydrogens (tertiary/aromatic N) is 2. The third-order valence-electron chi connectivity index (χ3n) is 4.57. The van der Waals surface area contributed by atoms with Crippen LogP contribution in [0.25, 0.3) is 10.8 Å². The Labute approximate surface area is 138 Å². The van der Waals surface area contributed by atoms with Gasteiger partial charge in [-0.15, -0.1) is 0 Å². The maximum Gasteiger partial charge on any atom is 0.0900 e. The van der Waals surface area contributed by atoms with E-state index in [4.69, 9.17) is 4.74 Å². The highest BCUT2D eigenvalue weighted by molar-refractivity contribution is 5.85. The molecule has 1 aliphatic rings. The van der Waals surface area contributed by atoms with Crippen molar-refractivity contribution in [2.45, 2.75) is 12.6 Å². The van der Waals surface area contributed by atoms with Crippen molar-refractivity contribution in [1.82, 2.24) is 9.80 Å². The van der Waals surface area contributed by atoms with Crippen LogP contribution in [-0.4, -0.2) is 67.5 Å². The lowest BCUT2D eigenvalue weighted by Crippen LogP contribution is -2.48. The Hall–Kier alpha value is -1.46. The standard InChI is InChI=1S/C19H26N2O2/c1-23-15-18(22)14-21-11-9-20(10-12-21)13-17-7-4-6-16-5-2-3-8-19(16)17/h2-8,18,22H,9-15H2,1H3. The number of ether oxygens (including phenoxy) is 1. The second-order valence-electron chi connectivity index (χ2n) is 6.32. The van der Waals surface area contributed by atoms with E-state index in [9.17, 15) is 5.11 Å². The molecule has 0 spiro atoms. The van der Waals surface area contributed by atoms with Gasteiger partial charge in [-0.2, -0.15) is 0 Å². The molecule has 1 heterocycles. The number of aliphatic hydroxyl groups is 1. The van der Waals surface area contributed by atoms with Crippen molar-refractivity contribution in [3.05, 3.63) is 48.0 Å². The average molecular weight is 314 g/mol. The second kappa shape index (κ2) is 7.88. The summed E-state index contributed by atoms with van der Waals surface area (Å²) in [7, 11) is 1.63. The van der Waals surface area contributed by atoms with Crippen LogP contribution in [0.4, 0.5) is 0 Å². The normalized spacial score (nSPS) is 18.3. The maximum atomic E-state index is 9.84. The van der Waals surface area contributed by atoms with Gasteiger partial charge in [-0.05, 0) is 16.3 Å². The van der Waals surface area contributed by atoms with E-state index in [0.29, 0.717) is 13.2 Å². The van der Waals surface area contributed by atoms with E-state index in [2.05, 4.69) is 52.3 Å². The summed E-state index contributed by atoms with van der Waals surface area (Å²) < 4.78 is 5.00. The number of rotatable bonds is 6. The van der Waals surface area contributed by atoms with Crippen molar-refractivity contribution in [3.63, 3.8) is 0 Å². The number of fused-ring (bicyclic) bond motifs is 1. The van der Waals surface area contributed by atoms with E-state index < -0.39 is 0 Å². The molecule has 124 valence electrons. The van der Waals surface area contributed by atoms with Gasteiger partial charge in [0.05, 0.1) is 12.7 Å². The van der Waals surface area contributed by atoms with E-state index >= 15 is 0 Å². The molecule has 0 saturated carbocycles. The number of aliphatic hydroxyl groups excluding tert-OH is 1. The van der Waals surface area contributed by atoms with Gasteiger partial charge >= 0.3 is 0 Å². The highest BCUT2D eigenvalue weighted by Gasteiger charge is 2.19. The van der Waals surface area contributed by atoms with Gasteiger partial charge in [0.25, 0.3) is 0 Å². The predicted molar refractivity (Wildman–Crippen MR) is 93.5 cm³/mol. The first-order chi connectivity index (χ1) is 11.3. The molecule has 0 aliphatic carbocycles. The predicted octanol–water partition coefficient (Wildman–Crippen LogP) is 1.96. The highest BCUT2D eigenvalue weighted by Crippen LogP contribution is 2.20. The van der Waals surface area contributed by atoms with Crippen molar-refractivity contribution < 1.29 is 9.84 Å². The Balaban J connectivity index is 1.56. The summed E-state index contributed by atoms with van der Waals surface area (Å²) >= 11 is 0. The van der Waals surface area contributed by atoms with Crippen molar-refractivity contribution >= 4 is 10.8 Å². The molecule has 1 aliphatic heterocycles. The Morgan fingerprint density at radius 3 is 2.48 bits per heavy atom. The zero-order chi connectivity index (χ0) is 16.1. The number of hydrogen-bond donors (Lipinski definition) is 1. The minimum absolute atomic E-state index is 0.385. The lowest BCUT2D eigenvalue weighted by Gasteiger charge is -2.35. The molecule has 4 heteroatoms. The topological polar surface area (TPSA) is 35.9 Å². The third-order valence-corrected chi connectivity index (χ3v) is 4.57. The Bertz CT molecular complexity index is 618. The van der Waals surface area contributed by atoms with Crippen molar-refractivity contribution in [2.24, 2.45) is 0 Å². The molecule has 2 aromatic carbocycles. The van der Waals surface area contributed by atoms with Crippen LogP contribution >= 0.6 is 0 Å². The first-order valence-electron chi connectivity index (χ1n) is 8.34. The Morgan fingerprint density at radius 1 is 1.00 bits per heavy atom. The summed E-state index contributed by atoms with van der Waals surface area (Å²) in [5.41, 5.74) is 1.40. The van der Waals surface area contributed by atoms with Gasteiger partial charge in [0.1, 0.15) is 0 Å². The van der Waals surface area contributed by atoms with Crippen molar-refractivity contribution in [3.8, 4) is 0 Å². The molecular weight excluding hydrogens is 288 g/mol. The first-order valence-corrected chi connectivity index (χ1v) is 8.34. The van der Waals surface area contributed by atoms with Gasteiger partial charge in [0.2, 0.25) is 0 Å². The van der Waals surface area contributed by atoms with Gasteiger partial charge in [-0.25, -0.2) is 0 Å². The summed E-state index contributed by atoms with van der Waals surface area (Å²) in [6.07, 6.45) is -0.385. The van der Waals surface area contributed by atoms with Gasteiger partial charge in [-0.3, -0.25) is 9.80 Å². The maximum absolute atomic E-state index is 9.84. The molecule has 1 atom stereocenters. The quantitative estimate of drug-likeness (QED) is 0.884. The monoisotopic (exact) mass is 314 g/mol. The zero-order valence-electron chi connectivity index (χ0n) is 13.8. The van der Waals surface area contributed by atoms with E-state index in [1.165, 1.54) is 16.3 Å². The summed E-state index contributed by atoms with van der Waals surface area (Å²) in [4.78, 5) is 4.82. The summed E-state index contributed by atoms with van der Waals surface area (Å²) in [5, 5.41) is 12.5. The highest BCUT2D eigenvalue weighted by atomic mass is 16.5. The molecule has 0 radical (unpaired) electrons. The van der Waals surface area contributed by atoms with E-state index in [0.717, 1.165) is 32.7 Å². The molecule has 23 heavy (non-hydrogen) atoms. The Morgan fingerprint density at radius 2 is 1.70 bits per heavy atom. The molecule has 1 unspecified atom stereocenters. The van der Waals surface area contributed by atoms with Crippen molar-refractivity contribution in [2.75, 3.05) is 46.4 Å². The average Bonchev–Trinajstić information content (AvgIpc) is 2.57. The minimum Gasteiger partial charge on any atom is -0.389 e. The van der Waals surface area contributed by atoms with E-state index in [1.54, 1.807) is 7.11 Å². The van der Waals surface area contributed by atoms with Gasteiger partial charge in [0, 0.05) is 46.4 Å². The third kappa shape index (κ3) is 4.30. The minimum atomic E-state index is -0.385. The summed E-state index contributed by atoms with van der Waals surface area (Å²) in [6.45, 7) is 6.21. The molecule has 1 saturated heterocycles. The summed E-state index contributed by atoms with van der Waals surface area (Å²) in [6, 6.07) is 15.1.